The third-order valence-corrected chi connectivity index (χ3v) is 2.84. The molecule has 0 saturated heterocycles. The minimum absolute atomic E-state index is 0.195. The van der Waals surface area contributed by atoms with Crippen LogP contribution in [0.2, 0.25) is 0 Å². The van der Waals surface area contributed by atoms with Crippen molar-refractivity contribution in [1.29, 1.82) is 0 Å². The number of aromatic nitrogens is 1. The Labute approximate surface area is 101 Å². The molecule has 0 spiro atoms. The van der Waals surface area contributed by atoms with Crippen LogP contribution in [0.25, 0.3) is 0 Å². The fraction of sp³-hybridized carbons (Fsp3) is 0.455. The number of pyridine rings is 1. The molecule has 0 aromatic carbocycles. The first-order valence-electron chi connectivity index (χ1n) is 5.37. The second-order valence-corrected chi connectivity index (χ2v) is 4.10. The maximum absolute atomic E-state index is 13.0. The molecule has 0 aliphatic heterocycles. The van der Waals surface area contributed by atoms with E-state index in [1.807, 2.05) is 0 Å². The van der Waals surface area contributed by atoms with Gasteiger partial charge in [0.05, 0.1) is 5.69 Å². The quantitative estimate of drug-likeness (QED) is 0.842. The Kier molecular flexibility index (Phi) is 2.92. The first kappa shape index (κ1) is 12.7. The van der Waals surface area contributed by atoms with E-state index in [0.29, 0.717) is 30.5 Å². The van der Waals surface area contributed by atoms with Crippen molar-refractivity contribution in [3.63, 3.8) is 0 Å². The van der Waals surface area contributed by atoms with Crippen LogP contribution in [0.15, 0.2) is 0 Å². The van der Waals surface area contributed by atoms with Crippen molar-refractivity contribution in [2.45, 2.75) is 32.4 Å². The van der Waals surface area contributed by atoms with Crippen LogP contribution in [0.5, 0.6) is 5.75 Å². The van der Waals surface area contributed by atoms with E-state index >= 15 is 0 Å². The van der Waals surface area contributed by atoms with Gasteiger partial charge in [-0.3, -0.25) is 4.98 Å². The van der Waals surface area contributed by atoms with Crippen LogP contribution in [0.4, 0.5) is 18.0 Å². The van der Waals surface area contributed by atoms with Crippen LogP contribution in [0.3, 0.4) is 0 Å². The zero-order chi connectivity index (χ0) is 13.5. The lowest BCUT2D eigenvalue weighted by atomic mass is 10.1. The number of carbonyl (C=O) groups excluding carboxylic acids is 1. The molecule has 18 heavy (non-hydrogen) atoms. The molecule has 0 unspecified atom stereocenters. The van der Waals surface area contributed by atoms with Gasteiger partial charge < -0.3 is 10.5 Å². The standard InChI is InChI=1S/C11H11F3N2O2/c1-5-8(11(12,13)14)9(18-10(15)17)6-3-2-4-7(6)16-5/h2-4H2,1H3,(H2,15,17). The van der Waals surface area contributed by atoms with E-state index in [1.165, 1.54) is 6.92 Å². The summed E-state index contributed by atoms with van der Waals surface area (Å²) in [7, 11) is 0. The summed E-state index contributed by atoms with van der Waals surface area (Å²) < 4.78 is 43.4. The van der Waals surface area contributed by atoms with Gasteiger partial charge in [0.25, 0.3) is 0 Å². The first-order chi connectivity index (χ1) is 8.30. The molecular weight excluding hydrogens is 249 g/mol. The number of rotatable bonds is 1. The molecular formula is C11H11F3N2O2. The summed E-state index contributed by atoms with van der Waals surface area (Å²) >= 11 is 0. The molecule has 1 aliphatic carbocycles. The Morgan fingerprint density at radius 2 is 2.06 bits per heavy atom. The Morgan fingerprint density at radius 1 is 1.39 bits per heavy atom. The van der Waals surface area contributed by atoms with Crippen molar-refractivity contribution in [3.05, 3.63) is 22.5 Å². The molecule has 0 bridgehead atoms. The highest BCUT2D eigenvalue weighted by atomic mass is 19.4. The number of carbonyl (C=O) groups is 1. The maximum Gasteiger partial charge on any atom is 0.421 e. The molecule has 1 aliphatic rings. The van der Waals surface area contributed by atoms with Gasteiger partial charge in [-0.05, 0) is 26.2 Å². The molecule has 98 valence electrons. The Hall–Kier alpha value is -1.79. The average Bonchev–Trinajstić information content (AvgIpc) is 2.61. The zero-order valence-corrected chi connectivity index (χ0v) is 9.60. The van der Waals surface area contributed by atoms with Gasteiger partial charge in [-0.25, -0.2) is 4.79 Å². The van der Waals surface area contributed by atoms with Crippen molar-refractivity contribution in [2.75, 3.05) is 0 Å². The summed E-state index contributed by atoms with van der Waals surface area (Å²) in [6.07, 6.45) is -4.18. The number of nitrogens with zero attached hydrogens (tertiary/aromatic N) is 1. The topological polar surface area (TPSA) is 65.2 Å². The largest absolute Gasteiger partial charge is 0.421 e. The Morgan fingerprint density at radius 3 is 2.61 bits per heavy atom. The number of primary amides is 1. The van der Waals surface area contributed by atoms with Crippen LogP contribution >= 0.6 is 0 Å². The van der Waals surface area contributed by atoms with E-state index in [9.17, 15) is 18.0 Å². The normalized spacial score (nSPS) is 14.4. The van der Waals surface area contributed by atoms with Crippen LogP contribution < -0.4 is 10.5 Å². The fourth-order valence-electron chi connectivity index (χ4n) is 2.22. The van der Waals surface area contributed by atoms with E-state index in [1.54, 1.807) is 0 Å². The average molecular weight is 260 g/mol. The number of ether oxygens (including phenoxy) is 1. The predicted molar refractivity (Wildman–Crippen MR) is 56.2 cm³/mol. The number of nitrogens with two attached hydrogens (primary N) is 1. The van der Waals surface area contributed by atoms with Crippen molar-refractivity contribution in [3.8, 4) is 5.75 Å². The van der Waals surface area contributed by atoms with Gasteiger partial charge in [-0.1, -0.05) is 0 Å². The summed E-state index contributed by atoms with van der Waals surface area (Å²) in [4.78, 5) is 14.7. The van der Waals surface area contributed by atoms with Gasteiger partial charge in [0.1, 0.15) is 5.56 Å². The van der Waals surface area contributed by atoms with Crippen molar-refractivity contribution in [1.82, 2.24) is 4.98 Å². The number of aryl methyl sites for hydroxylation is 2. The maximum atomic E-state index is 13.0. The van der Waals surface area contributed by atoms with E-state index in [-0.39, 0.29) is 5.69 Å². The van der Waals surface area contributed by atoms with Gasteiger partial charge in [0, 0.05) is 11.3 Å². The number of amides is 1. The molecule has 1 aromatic heterocycles. The highest BCUT2D eigenvalue weighted by Gasteiger charge is 2.40. The number of fused-ring (bicyclic) bond motifs is 1. The Balaban J connectivity index is 2.67. The van der Waals surface area contributed by atoms with Crippen molar-refractivity contribution < 1.29 is 22.7 Å². The lowest BCUT2D eigenvalue weighted by molar-refractivity contribution is -0.139. The van der Waals surface area contributed by atoms with Gasteiger partial charge in [-0.15, -0.1) is 0 Å². The minimum Gasteiger partial charge on any atom is -0.409 e. The SMILES string of the molecule is Cc1nc2c(c(OC(N)=O)c1C(F)(F)F)CCC2. The highest BCUT2D eigenvalue weighted by molar-refractivity contribution is 5.70. The molecule has 2 N–H and O–H groups in total. The van der Waals surface area contributed by atoms with Gasteiger partial charge in [0.15, 0.2) is 5.75 Å². The lowest BCUT2D eigenvalue weighted by Gasteiger charge is -2.17. The van der Waals surface area contributed by atoms with E-state index < -0.39 is 23.6 Å². The van der Waals surface area contributed by atoms with Gasteiger partial charge in [0.2, 0.25) is 0 Å². The van der Waals surface area contributed by atoms with Crippen LogP contribution in [0, 0.1) is 6.92 Å². The molecule has 0 fully saturated rings. The first-order valence-corrected chi connectivity index (χ1v) is 5.37. The molecule has 2 rings (SSSR count). The molecule has 4 nitrogen and oxygen atoms in total. The van der Waals surface area contributed by atoms with Crippen molar-refractivity contribution >= 4 is 6.09 Å². The van der Waals surface area contributed by atoms with Crippen molar-refractivity contribution in [2.24, 2.45) is 5.73 Å². The minimum atomic E-state index is -4.63. The highest BCUT2D eigenvalue weighted by Crippen LogP contribution is 2.43. The van der Waals surface area contributed by atoms with E-state index in [0.717, 1.165) is 0 Å². The summed E-state index contributed by atoms with van der Waals surface area (Å²) in [6, 6.07) is 0. The monoisotopic (exact) mass is 260 g/mol. The molecule has 0 saturated carbocycles. The second kappa shape index (κ2) is 4.15. The molecule has 1 heterocycles. The third kappa shape index (κ3) is 2.12. The predicted octanol–water partition coefficient (Wildman–Crippen LogP) is 2.36. The summed E-state index contributed by atoms with van der Waals surface area (Å²) in [5, 5.41) is 0. The van der Waals surface area contributed by atoms with Gasteiger partial charge >= 0.3 is 12.3 Å². The number of halogens is 3. The second-order valence-electron chi connectivity index (χ2n) is 4.10. The van der Waals surface area contributed by atoms with Crippen LogP contribution in [-0.4, -0.2) is 11.1 Å². The zero-order valence-electron chi connectivity index (χ0n) is 9.60. The smallest absolute Gasteiger partial charge is 0.409 e. The summed E-state index contributed by atoms with van der Waals surface area (Å²) in [6.45, 7) is 1.25. The third-order valence-electron chi connectivity index (χ3n) is 2.84. The van der Waals surface area contributed by atoms with Crippen LogP contribution in [-0.2, 0) is 19.0 Å². The fourth-order valence-corrected chi connectivity index (χ4v) is 2.22. The number of alkyl halides is 3. The Bertz CT molecular complexity index is 512. The molecule has 0 radical (unpaired) electrons. The molecule has 1 aromatic rings. The number of hydrogen-bond acceptors (Lipinski definition) is 3. The lowest BCUT2D eigenvalue weighted by Crippen LogP contribution is -2.21. The molecule has 1 amide bonds. The summed E-state index contributed by atoms with van der Waals surface area (Å²) in [5.41, 5.74) is 4.52. The summed E-state index contributed by atoms with van der Waals surface area (Å²) in [5.74, 6) is -0.477. The molecule has 0 atom stereocenters. The molecule has 7 heteroatoms. The van der Waals surface area contributed by atoms with Crippen LogP contribution in [0.1, 0.15) is 28.9 Å². The number of hydrogen-bond donors (Lipinski definition) is 1. The van der Waals surface area contributed by atoms with E-state index in [4.69, 9.17) is 5.73 Å². The van der Waals surface area contributed by atoms with E-state index in [2.05, 4.69) is 9.72 Å². The van der Waals surface area contributed by atoms with Gasteiger partial charge in [-0.2, -0.15) is 13.2 Å².